The lowest BCUT2D eigenvalue weighted by Crippen LogP contribution is -2.36. The van der Waals surface area contributed by atoms with E-state index in [-0.39, 0.29) is 12.0 Å². The molecule has 0 bridgehead atoms. The number of nitrogens with zero attached hydrogens (tertiary/aromatic N) is 3. The van der Waals surface area contributed by atoms with Crippen LogP contribution in [0.2, 0.25) is 0 Å². The number of hydrogen-bond donors (Lipinski definition) is 0. The number of aryl methyl sites for hydroxylation is 1. The topological polar surface area (TPSA) is 32.5 Å². The fraction of sp³-hybridized carbons (Fsp3) is 0.154. The second-order valence-electron chi connectivity index (χ2n) is 19.0. The Balaban J connectivity index is 0.906. The van der Waals surface area contributed by atoms with Gasteiger partial charge in [-0.15, -0.1) is 0 Å². The van der Waals surface area contributed by atoms with Gasteiger partial charge in [-0.2, -0.15) is 0 Å². The second kappa shape index (κ2) is 17.0. The zero-order valence-corrected chi connectivity index (χ0v) is 39.2. The third kappa shape index (κ3) is 6.84. The van der Waals surface area contributed by atoms with Gasteiger partial charge in [-0.3, -0.25) is 4.98 Å². The maximum absolute atomic E-state index is 6.88. The van der Waals surface area contributed by atoms with Crippen LogP contribution in [0, 0.1) is 0 Å². The highest BCUT2D eigenvalue weighted by Gasteiger charge is 2.47. The quantitative estimate of drug-likeness (QED) is 0.142. The van der Waals surface area contributed by atoms with Crippen LogP contribution in [0.25, 0.3) is 55.8 Å². The largest absolute Gasteiger partial charge is 0.458 e. The van der Waals surface area contributed by atoms with Crippen LogP contribution in [-0.2, 0) is 6.42 Å². The average molecular weight is 892 g/mol. The van der Waals surface area contributed by atoms with Crippen molar-refractivity contribution in [3.63, 3.8) is 0 Å². The lowest BCUT2D eigenvalue weighted by molar-refractivity contribution is 0.546. The Labute approximate surface area is 405 Å². The Morgan fingerprint density at radius 3 is 2.14 bits per heavy atom. The van der Waals surface area contributed by atoms with Gasteiger partial charge in [0.25, 0.3) is 0 Å². The van der Waals surface area contributed by atoms with Crippen molar-refractivity contribution < 1.29 is 4.42 Å². The summed E-state index contributed by atoms with van der Waals surface area (Å²) in [5.74, 6) is 1.31. The van der Waals surface area contributed by atoms with Crippen molar-refractivity contribution in [3.8, 4) is 22.4 Å². The molecule has 13 rings (SSSR count). The van der Waals surface area contributed by atoms with E-state index in [2.05, 4.69) is 218 Å². The smallest absolute Gasteiger partial charge is 0.158 e. The Kier molecular flexibility index (Phi) is 10.2. The summed E-state index contributed by atoms with van der Waals surface area (Å²) in [4.78, 5) is 10.2. The van der Waals surface area contributed by atoms with Crippen LogP contribution in [0.4, 0.5) is 28.4 Å². The number of benzene rings is 6. The van der Waals surface area contributed by atoms with Gasteiger partial charge in [0.15, 0.2) is 5.58 Å². The number of aromatic nitrogens is 1. The van der Waals surface area contributed by atoms with Crippen LogP contribution in [0.15, 0.2) is 221 Å². The molecular formula is C65H53N3O. The van der Waals surface area contributed by atoms with E-state index in [1.165, 1.54) is 55.5 Å². The predicted octanol–water partition coefficient (Wildman–Crippen LogP) is 17.6. The highest BCUT2D eigenvalue weighted by Crippen LogP contribution is 2.59. The van der Waals surface area contributed by atoms with E-state index in [9.17, 15) is 0 Å². The number of fused-ring (bicyclic) bond motifs is 11. The second-order valence-corrected chi connectivity index (χ2v) is 19.0. The monoisotopic (exact) mass is 891 g/mol. The Morgan fingerprint density at radius 2 is 1.36 bits per heavy atom. The number of pyridine rings is 1. The summed E-state index contributed by atoms with van der Waals surface area (Å²) >= 11 is 0. The lowest BCUT2D eigenvalue weighted by atomic mass is 9.69. The number of hydrogen-bond acceptors (Lipinski definition) is 4. The van der Waals surface area contributed by atoms with Crippen LogP contribution in [-0.4, -0.2) is 11.0 Å². The molecule has 5 aliphatic rings. The Bertz CT molecular complexity index is 3560. The minimum atomic E-state index is 0.192. The van der Waals surface area contributed by atoms with E-state index in [1.807, 2.05) is 6.20 Å². The van der Waals surface area contributed by atoms with Crippen molar-refractivity contribution in [3.05, 3.63) is 239 Å². The van der Waals surface area contributed by atoms with E-state index in [4.69, 9.17) is 9.40 Å². The van der Waals surface area contributed by atoms with Crippen molar-refractivity contribution in [2.45, 2.75) is 64.3 Å². The number of rotatable bonds is 8. The molecule has 0 radical (unpaired) electrons. The summed E-state index contributed by atoms with van der Waals surface area (Å²) in [5, 5.41) is 3.79. The first-order chi connectivity index (χ1) is 34.1. The zero-order valence-electron chi connectivity index (χ0n) is 39.2. The highest BCUT2D eigenvalue weighted by molar-refractivity contribution is 6.03. The molecule has 4 nitrogen and oxygen atoms in total. The minimum Gasteiger partial charge on any atom is -0.458 e. The molecule has 0 saturated heterocycles. The van der Waals surface area contributed by atoms with Gasteiger partial charge in [0, 0.05) is 45.9 Å². The summed E-state index contributed by atoms with van der Waals surface area (Å²) in [5.41, 5.74) is 21.9. The number of anilines is 5. The molecule has 0 fully saturated rings. The highest BCUT2D eigenvalue weighted by atomic mass is 16.3. The van der Waals surface area contributed by atoms with Gasteiger partial charge in [-0.1, -0.05) is 140 Å². The minimum absolute atomic E-state index is 0.192. The standard InChI is InChI=1S/C65H53N3O/c1-3-16-42(4-2)47-39-57-54-23-14-15-26-61(54)69-65(57)60(40-47)67(48-32-27-44(28-33-48)43-17-6-5-7-18-43)50-36-37-58(66-41-50)46-29-34-49(35-30-46)68-59-38-31-45-19-8-9-20-51(45)62(59)63-55-24-12-10-21-52(55)53-22-11-13-25-56(53)64(63)68/h3-9,12-14,16-20,23-25,27-41,63-64H,10-11,15,21-22,26H2,1-2H3/b16-3-,42-4+. The van der Waals surface area contributed by atoms with E-state index < -0.39 is 0 Å². The Morgan fingerprint density at radius 1 is 0.652 bits per heavy atom. The normalized spacial score (nSPS) is 18.2. The van der Waals surface area contributed by atoms with Crippen molar-refractivity contribution in [1.29, 1.82) is 0 Å². The predicted molar refractivity (Wildman–Crippen MR) is 289 cm³/mol. The van der Waals surface area contributed by atoms with Gasteiger partial charge in [-0.05, 0) is 161 Å². The SMILES string of the molecule is C/C=C\C(=C/C)c1cc(N(c2ccc(-c3ccccc3)cc2)c2ccc(-c3ccc(N4c5ccc6ccccc6c5C5C6=C(CCC=C6)C6=C(C=CCC6)C54)cc3)nc2)c2oc3c(c2c1)C=CCC3. The van der Waals surface area contributed by atoms with Crippen LogP contribution in [0.5, 0.6) is 0 Å². The fourth-order valence-corrected chi connectivity index (χ4v) is 12.1. The van der Waals surface area contributed by atoms with Crippen LogP contribution in [0.3, 0.4) is 0 Å². The first-order valence-electron chi connectivity index (χ1n) is 24.8. The summed E-state index contributed by atoms with van der Waals surface area (Å²) in [6.07, 6.45) is 29.1. The molecule has 0 amide bonds. The van der Waals surface area contributed by atoms with Gasteiger partial charge < -0.3 is 14.2 Å². The first kappa shape index (κ1) is 41.3. The fourth-order valence-electron chi connectivity index (χ4n) is 12.1. The van der Waals surface area contributed by atoms with E-state index in [0.717, 1.165) is 94.7 Å². The van der Waals surface area contributed by atoms with Crippen LogP contribution < -0.4 is 9.80 Å². The zero-order chi connectivity index (χ0) is 46.0. The van der Waals surface area contributed by atoms with Gasteiger partial charge in [0.2, 0.25) is 0 Å². The molecule has 0 spiro atoms. The molecule has 6 aromatic carbocycles. The number of allylic oxidation sites excluding steroid dienone is 10. The molecule has 4 heteroatoms. The van der Waals surface area contributed by atoms with Gasteiger partial charge in [0.1, 0.15) is 5.76 Å². The molecule has 3 heterocycles. The maximum Gasteiger partial charge on any atom is 0.158 e. The van der Waals surface area contributed by atoms with Crippen molar-refractivity contribution in [2.75, 3.05) is 9.80 Å². The average Bonchev–Trinajstić information content (AvgIpc) is 3.98. The van der Waals surface area contributed by atoms with Gasteiger partial charge in [-0.25, -0.2) is 0 Å². The van der Waals surface area contributed by atoms with E-state index >= 15 is 0 Å². The first-order valence-corrected chi connectivity index (χ1v) is 24.8. The molecule has 2 unspecified atom stereocenters. The van der Waals surface area contributed by atoms with Crippen molar-refractivity contribution >= 4 is 61.8 Å². The van der Waals surface area contributed by atoms with E-state index in [0.29, 0.717) is 0 Å². The van der Waals surface area contributed by atoms with Crippen LogP contribution in [0.1, 0.15) is 74.3 Å². The van der Waals surface area contributed by atoms with Crippen molar-refractivity contribution in [1.82, 2.24) is 4.98 Å². The third-order valence-electron chi connectivity index (χ3n) is 15.2. The molecule has 2 aromatic heterocycles. The molecule has 8 aromatic rings. The number of furan rings is 1. The molecule has 69 heavy (non-hydrogen) atoms. The maximum atomic E-state index is 6.88. The molecule has 0 saturated carbocycles. The van der Waals surface area contributed by atoms with Crippen LogP contribution >= 0.6 is 0 Å². The molecule has 1 aliphatic heterocycles. The molecular weight excluding hydrogens is 839 g/mol. The summed E-state index contributed by atoms with van der Waals surface area (Å²) in [6.45, 7) is 4.19. The van der Waals surface area contributed by atoms with Crippen molar-refractivity contribution in [2.24, 2.45) is 0 Å². The molecule has 334 valence electrons. The van der Waals surface area contributed by atoms with Gasteiger partial charge in [0.05, 0.1) is 29.3 Å². The van der Waals surface area contributed by atoms with E-state index in [1.54, 1.807) is 11.1 Å². The van der Waals surface area contributed by atoms with Gasteiger partial charge >= 0.3 is 0 Å². The molecule has 4 aliphatic carbocycles. The molecule has 0 N–H and O–H groups in total. The Hall–Kier alpha value is -7.95. The lowest BCUT2D eigenvalue weighted by Gasteiger charge is -2.40. The summed E-state index contributed by atoms with van der Waals surface area (Å²) < 4.78 is 6.88. The third-order valence-corrected chi connectivity index (χ3v) is 15.2. The summed E-state index contributed by atoms with van der Waals surface area (Å²) in [6, 6.07) is 51.5. The molecule has 2 atom stereocenters. The summed E-state index contributed by atoms with van der Waals surface area (Å²) in [7, 11) is 0.